The Kier molecular flexibility index (Phi) is 4.83. The Morgan fingerprint density at radius 1 is 1.24 bits per heavy atom. The van der Waals surface area contributed by atoms with Crippen LogP contribution in [0.15, 0.2) is 22.8 Å². The Morgan fingerprint density at radius 3 is 2.62 bits per heavy atom. The maximum atomic E-state index is 13.4. The van der Waals surface area contributed by atoms with Crippen LogP contribution in [0.25, 0.3) is 0 Å². The number of hydrogen-bond acceptors (Lipinski definition) is 3. The van der Waals surface area contributed by atoms with Crippen molar-refractivity contribution in [2.24, 2.45) is 0 Å². The first-order valence-electron chi connectivity index (χ1n) is 6.62. The molecular formula is C16H18BrFN2O. The summed E-state index contributed by atoms with van der Waals surface area (Å²) in [6, 6.07) is 3.24. The van der Waals surface area contributed by atoms with Crippen LogP contribution in [0, 0.1) is 26.6 Å². The lowest BCUT2D eigenvalue weighted by Gasteiger charge is -2.14. The fourth-order valence-corrected chi connectivity index (χ4v) is 2.61. The molecule has 0 saturated heterocycles. The molecule has 0 saturated carbocycles. The molecule has 1 heterocycles. The van der Waals surface area contributed by atoms with E-state index in [-0.39, 0.29) is 5.82 Å². The summed E-state index contributed by atoms with van der Waals surface area (Å²) in [5, 5.41) is 3.29. The van der Waals surface area contributed by atoms with E-state index in [1.54, 1.807) is 19.4 Å². The standard InChI is InChI=1S/C16H18BrFN2O/c1-9-5-13(18)12(17)6-14(9)20-8-15-11(3)16(21-4)10(2)7-19-15/h5-7,20H,8H2,1-4H3. The molecule has 2 aromatic rings. The lowest BCUT2D eigenvalue weighted by Crippen LogP contribution is -2.07. The minimum absolute atomic E-state index is 0.260. The average Bonchev–Trinajstić information content (AvgIpc) is 2.43. The van der Waals surface area contributed by atoms with Crippen molar-refractivity contribution >= 4 is 21.6 Å². The summed E-state index contributed by atoms with van der Waals surface area (Å²) in [5.41, 5.74) is 4.68. The van der Waals surface area contributed by atoms with Gasteiger partial charge in [0.1, 0.15) is 11.6 Å². The highest BCUT2D eigenvalue weighted by molar-refractivity contribution is 9.10. The topological polar surface area (TPSA) is 34.1 Å². The van der Waals surface area contributed by atoms with Gasteiger partial charge < -0.3 is 10.1 Å². The van der Waals surface area contributed by atoms with Gasteiger partial charge in [0.05, 0.1) is 23.8 Å². The third kappa shape index (κ3) is 3.35. The molecule has 0 fully saturated rings. The minimum Gasteiger partial charge on any atom is -0.496 e. The number of anilines is 1. The predicted octanol–water partition coefficient (Wildman–Crippen LogP) is 4.53. The molecule has 112 valence electrons. The maximum Gasteiger partial charge on any atom is 0.137 e. The lowest BCUT2D eigenvalue weighted by atomic mass is 10.1. The van der Waals surface area contributed by atoms with E-state index >= 15 is 0 Å². The average molecular weight is 353 g/mol. The summed E-state index contributed by atoms with van der Waals surface area (Å²) in [5.74, 6) is 0.600. The molecule has 0 radical (unpaired) electrons. The van der Waals surface area contributed by atoms with Crippen LogP contribution in [0.5, 0.6) is 5.75 Å². The number of methoxy groups -OCH3 is 1. The predicted molar refractivity (Wildman–Crippen MR) is 86.4 cm³/mol. The molecule has 0 unspecified atom stereocenters. The number of ether oxygens (including phenoxy) is 1. The molecule has 1 aromatic heterocycles. The number of hydrogen-bond donors (Lipinski definition) is 1. The molecule has 0 aliphatic heterocycles. The zero-order valence-electron chi connectivity index (χ0n) is 12.6. The number of pyridine rings is 1. The summed E-state index contributed by atoms with van der Waals surface area (Å²) < 4.78 is 19.3. The van der Waals surface area contributed by atoms with Gasteiger partial charge in [0.25, 0.3) is 0 Å². The molecular weight excluding hydrogens is 335 g/mol. The van der Waals surface area contributed by atoms with Crippen molar-refractivity contribution in [3.8, 4) is 5.75 Å². The van der Waals surface area contributed by atoms with Gasteiger partial charge in [-0.2, -0.15) is 0 Å². The summed E-state index contributed by atoms with van der Waals surface area (Å²) in [4.78, 5) is 4.44. The van der Waals surface area contributed by atoms with Crippen molar-refractivity contribution in [3.05, 3.63) is 51.0 Å². The number of aryl methyl sites for hydroxylation is 2. The Labute approximate surface area is 132 Å². The molecule has 2 rings (SSSR count). The highest BCUT2D eigenvalue weighted by atomic mass is 79.9. The molecule has 3 nitrogen and oxygen atoms in total. The quantitative estimate of drug-likeness (QED) is 0.877. The van der Waals surface area contributed by atoms with E-state index in [0.717, 1.165) is 33.8 Å². The number of aromatic nitrogens is 1. The van der Waals surface area contributed by atoms with Gasteiger partial charge in [-0.25, -0.2) is 4.39 Å². The highest BCUT2D eigenvalue weighted by Gasteiger charge is 2.10. The second-order valence-corrected chi connectivity index (χ2v) is 5.84. The normalized spacial score (nSPS) is 10.6. The third-order valence-electron chi connectivity index (χ3n) is 3.46. The molecule has 1 aromatic carbocycles. The molecule has 0 aliphatic carbocycles. The van der Waals surface area contributed by atoms with Crippen LogP contribution in [0.4, 0.5) is 10.1 Å². The van der Waals surface area contributed by atoms with Crippen molar-refractivity contribution in [1.82, 2.24) is 4.98 Å². The SMILES string of the molecule is COc1c(C)cnc(CNc2cc(Br)c(F)cc2C)c1C. The van der Waals surface area contributed by atoms with E-state index in [9.17, 15) is 4.39 Å². The van der Waals surface area contributed by atoms with Gasteiger partial charge in [-0.1, -0.05) is 0 Å². The Balaban J connectivity index is 2.23. The van der Waals surface area contributed by atoms with Crippen molar-refractivity contribution in [2.75, 3.05) is 12.4 Å². The Morgan fingerprint density at radius 2 is 1.95 bits per heavy atom. The van der Waals surface area contributed by atoms with Gasteiger partial charge in [0.2, 0.25) is 0 Å². The van der Waals surface area contributed by atoms with Crippen molar-refractivity contribution in [2.45, 2.75) is 27.3 Å². The van der Waals surface area contributed by atoms with Gasteiger partial charge in [-0.3, -0.25) is 4.98 Å². The van der Waals surface area contributed by atoms with E-state index in [1.165, 1.54) is 6.07 Å². The fraction of sp³-hybridized carbons (Fsp3) is 0.312. The number of halogens is 2. The number of rotatable bonds is 4. The Hall–Kier alpha value is -1.62. The molecule has 5 heteroatoms. The largest absolute Gasteiger partial charge is 0.496 e. The Bertz CT molecular complexity index is 674. The van der Waals surface area contributed by atoms with Crippen LogP contribution in [0.2, 0.25) is 0 Å². The lowest BCUT2D eigenvalue weighted by molar-refractivity contribution is 0.407. The molecule has 21 heavy (non-hydrogen) atoms. The molecule has 0 spiro atoms. The van der Waals surface area contributed by atoms with Crippen molar-refractivity contribution < 1.29 is 9.13 Å². The molecule has 0 bridgehead atoms. The monoisotopic (exact) mass is 352 g/mol. The first-order chi connectivity index (χ1) is 9.93. The van der Waals surface area contributed by atoms with Crippen molar-refractivity contribution in [1.29, 1.82) is 0 Å². The smallest absolute Gasteiger partial charge is 0.137 e. The van der Waals surface area contributed by atoms with Crippen LogP contribution in [-0.4, -0.2) is 12.1 Å². The van der Waals surface area contributed by atoms with E-state index < -0.39 is 0 Å². The van der Waals surface area contributed by atoms with Gasteiger partial charge in [-0.05, 0) is 54.4 Å². The second-order valence-electron chi connectivity index (χ2n) is 4.98. The first-order valence-corrected chi connectivity index (χ1v) is 7.42. The van der Waals surface area contributed by atoms with Gasteiger partial charge in [0.15, 0.2) is 0 Å². The minimum atomic E-state index is -0.260. The van der Waals surface area contributed by atoms with Crippen LogP contribution >= 0.6 is 15.9 Å². The summed E-state index contributed by atoms with van der Waals surface area (Å²) >= 11 is 3.20. The van der Waals surface area contributed by atoms with Gasteiger partial charge in [-0.15, -0.1) is 0 Å². The van der Waals surface area contributed by atoms with E-state index in [1.807, 2.05) is 20.8 Å². The van der Waals surface area contributed by atoms with Crippen LogP contribution in [0.1, 0.15) is 22.4 Å². The molecule has 0 amide bonds. The highest BCUT2D eigenvalue weighted by Crippen LogP contribution is 2.27. The zero-order valence-corrected chi connectivity index (χ0v) is 14.1. The number of nitrogens with one attached hydrogen (secondary N) is 1. The number of nitrogens with zero attached hydrogens (tertiary/aromatic N) is 1. The molecule has 1 N–H and O–H groups in total. The summed E-state index contributed by atoms with van der Waals surface area (Å²) in [7, 11) is 1.66. The number of benzene rings is 1. The van der Waals surface area contributed by atoms with E-state index in [4.69, 9.17) is 4.74 Å². The van der Waals surface area contributed by atoms with Crippen LogP contribution < -0.4 is 10.1 Å². The second kappa shape index (κ2) is 6.43. The van der Waals surface area contributed by atoms with E-state index in [0.29, 0.717) is 11.0 Å². The van der Waals surface area contributed by atoms with E-state index in [2.05, 4.69) is 26.2 Å². The zero-order chi connectivity index (χ0) is 15.6. The van der Waals surface area contributed by atoms with Crippen LogP contribution in [-0.2, 0) is 6.54 Å². The third-order valence-corrected chi connectivity index (χ3v) is 4.07. The fourth-order valence-electron chi connectivity index (χ4n) is 2.26. The maximum absolute atomic E-state index is 13.4. The first kappa shape index (κ1) is 15.8. The summed E-state index contributed by atoms with van der Waals surface area (Å²) in [6.45, 7) is 6.38. The van der Waals surface area contributed by atoms with Gasteiger partial charge in [0, 0.05) is 23.0 Å². The molecule has 0 aliphatic rings. The van der Waals surface area contributed by atoms with Crippen LogP contribution in [0.3, 0.4) is 0 Å². The molecule has 0 atom stereocenters. The summed E-state index contributed by atoms with van der Waals surface area (Å²) in [6.07, 6.45) is 1.80. The van der Waals surface area contributed by atoms with Gasteiger partial charge >= 0.3 is 0 Å². The van der Waals surface area contributed by atoms with Crippen molar-refractivity contribution in [3.63, 3.8) is 0 Å².